The number of rotatable bonds is 7. The number of carbonyl (C=O) groups is 1. The van der Waals surface area contributed by atoms with Gasteiger partial charge in [-0.2, -0.15) is 5.10 Å². The third-order valence-corrected chi connectivity index (χ3v) is 3.76. The molecule has 1 amide bonds. The van der Waals surface area contributed by atoms with Gasteiger partial charge in [0.2, 0.25) is 5.96 Å². The summed E-state index contributed by atoms with van der Waals surface area (Å²) in [7, 11) is 0. The lowest BCUT2D eigenvalue weighted by Gasteiger charge is -2.23. The van der Waals surface area contributed by atoms with E-state index in [0.717, 1.165) is 17.3 Å². The molecule has 0 radical (unpaired) electrons. The molecule has 0 fully saturated rings. The molecule has 0 saturated carbocycles. The van der Waals surface area contributed by atoms with E-state index in [0.29, 0.717) is 0 Å². The molecule has 146 valence electrons. The number of carbonyl (C=O) groups excluding carboxylic acids is 1. The number of benzene rings is 1. The first-order valence-corrected chi connectivity index (χ1v) is 8.12. The van der Waals surface area contributed by atoms with Crippen molar-refractivity contribution in [2.75, 3.05) is 6.61 Å². The van der Waals surface area contributed by atoms with Crippen LogP contribution in [0.25, 0.3) is 6.08 Å². The molecule has 0 spiro atoms. The van der Waals surface area contributed by atoms with Crippen molar-refractivity contribution in [2.45, 2.75) is 31.3 Å². The molecule has 0 bridgehead atoms. The van der Waals surface area contributed by atoms with E-state index < -0.39 is 36.9 Å². The Morgan fingerprint density at radius 3 is 2.48 bits per heavy atom. The molecule has 0 aromatic heterocycles. The van der Waals surface area contributed by atoms with Crippen LogP contribution in [0.5, 0.6) is 0 Å². The molecule has 0 saturated heterocycles. The fourth-order valence-corrected chi connectivity index (χ4v) is 2.14. The molecule has 10 heteroatoms. The molecule has 1 aromatic rings. The van der Waals surface area contributed by atoms with Gasteiger partial charge in [0.05, 0.1) is 12.8 Å². The van der Waals surface area contributed by atoms with Crippen molar-refractivity contribution in [3.8, 4) is 0 Å². The van der Waals surface area contributed by atoms with Gasteiger partial charge in [-0.3, -0.25) is 10.1 Å². The molecular weight excluding hydrogens is 356 g/mol. The highest BCUT2D eigenvalue weighted by molar-refractivity contribution is 6.13. The smallest absolute Gasteiger partial charge is 0.276 e. The minimum atomic E-state index is -1.77. The van der Waals surface area contributed by atoms with E-state index in [-0.39, 0.29) is 11.7 Å². The van der Waals surface area contributed by atoms with Crippen LogP contribution in [-0.4, -0.2) is 74.6 Å². The summed E-state index contributed by atoms with van der Waals surface area (Å²) in [5.74, 6) is -0.414. The Bertz CT molecular complexity index is 746. The van der Waals surface area contributed by atoms with Gasteiger partial charge >= 0.3 is 0 Å². The Labute approximate surface area is 155 Å². The van der Waals surface area contributed by atoms with E-state index in [1.54, 1.807) is 6.08 Å². The molecule has 27 heavy (non-hydrogen) atoms. The number of hydrazone groups is 1. The number of aliphatic hydroxyl groups is 5. The Kier molecular flexibility index (Phi) is 7.16. The Morgan fingerprint density at radius 1 is 1.19 bits per heavy atom. The zero-order chi connectivity index (χ0) is 20.0. The van der Waals surface area contributed by atoms with E-state index in [9.17, 15) is 25.2 Å². The van der Waals surface area contributed by atoms with Gasteiger partial charge in [0.25, 0.3) is 5.91 Å². The van der Waals surface area contributed by atoms with Crippen molar-refractivity contribution >= 4 is 24.2 Å². The quantitative estimate of drug-likeness (QED) is 0.161. The number of nitrogens with zero attached hydrogens (tertiary/aromatic N) is 2. The molecule has 4 atom stereocenters. The van der Waals surface area contributed by atoms with Gasteiger partial charge in [-0.1, -0.05) is 29.8 Å². The van der Waals surface area contributed by atoms with E-state index >= 15 is 0 Å². The van der Waals surface area contributed by atoms with Crippen LogP contribution in [0.3, 0.4) is 0 Å². The second-order valence-corrected chi connectivity index (χ2v) is 5.97. The van der Waals surface area contributed by atoms with Crippen molar-refractivity contribution in [3.05, 3.63) is 41.1 Å². The van der Waals surface area contributed by atoms with Crippen LogP contribution < -0.4 is 10.7 Å². The molecule has 0 aliphatic carbocycles. The van der Waals surface area contributed by atoms with Crippen molar-refractivity contribution in [2.24, 2.45) is 10.1 Å². The van der Waals surface area contributed by atoms with Crippen molar-refractivity contribution in [1.82, 2.24) is 10.7 Å². The van der Waals surface area contributed by atoms with E-state index in [1.807, 2.05) is 31.2 Å². The average molecular weight is 378 g/mol. The van der Waals surface area contributed by atoms with Crippen LogP contribution in [0.2, 0.25) is 0 Å². The molecule has 10 nitrogen and oxygen atoms in total. The van der Waals surface area contributed by atoms with Crippen LogP contribution in [0, 0.1) is 6.92 Å². The molecule has 1 aliphatic heterocycles. The van der Waals surface area contributed by atoms with Crippen LogP contribution >= 0.6 is 0 Å². The number of aryl methyl sites for hydroxylation is 1. The van der Waals surface area contributed by atoms with Gasteiger partial charge in [-0.05, 0) is 18.6 Å². The molecule has 7 N–H and O–H groups in total. The summed E-state index contributed by atoms with van der Waals surface area (Å²) in [6, 6.07) is 7.50. The topological polar surface area (TPSA) is 167 Å². The van der Waals surface area contributed by atoms with E-state index in [2.05, 4.69) is 20.8 Å². The zero-order valence-electron chi connectivity index (χ0n) is 14.5. The first-order chi connectivity index (χ1) is 12.8. The fraction of sp³-hybridized carbons (Fsp3) is 0.353. The van der Waals surface area contributed by atoms with E-state index in [4.69, 9.17) is 5.11 Å². The highest BCUT2D eigenvalue weighted by Gasteiger charge is 2.29. The van der Waals surface area contributed by atoms with Gasteiger partial charge in [-0.15, -0.1) is 0 Å². The summed E-state index contributed by atoms with van der Waals surface area (Å²) >= 11 is 0. The summed E-state index contributed by atoms with van der Waals surface area (Å²) in [5, 5.41) is 52.9. The highest BCUT2D eigenvalue weighted by atomic mass is 16.4. The van der Waals surface area contributed by atoms with Gasteiger partial charge in [0, 0.05) is 0 Å². The zero-order valence-corrected chi connectivity index (χ0v) is 14.5. The van der Waals surface area contributed by atoms with Gasteiger partial charge in [-0.25, -0.2) is 10.4 Å². The van der Waals surface area contributed by atoms with Crippen molar-refractivity contribution in [1.29, 1.82) is 0 Å². The number of amides is 1. The van der Waals surface area contributed by atoms with Crippen LogP contribution in [-0.2, 0) is 4.79 Å². The second-order valence-electron chi connectivity index (χ2n) is 5.97. The lowest BCUT2D eigenvalue weighted by atomic mass is 10.0. The Hall–Kier alpha value is -2.63. The highest BCUT2D eigenvalue weighted by Crippen LogP contribution is 2.12. The summed E-state index contributed by atoms with van der Waals surface area (Å²) in [5.41, 5.74) is 4.44. The minimum absolute atomic E-state index is 0.0206. The number of nitrogens with one attached hydrogen (secondary N) is 2. The molecular formula is C17H22N4O6. The monoisotopic (exact) mass is 378 g/mol. The Balaban J connectivity index is 1.96. The maximum atomic E-state index is 11.9. The van der Waals surface area contributed by atoms with Gasteiger partial charge in [0.1, 0.15) is 30.1 Å². The maximum absolute atomic E-state index is 11.9. The summed E-state index contributed by atoms with van der Waals surface area (Å²) < 4.78 is 0. The summed E-state index contributed by atoms with van der Waals surface area (Å²) in [4.78, 5) is 15.9. The van der Waals surface area contributed by atoms with Gasteiger partial charge in [0.15, 0.2) is 0 Å². The third kappa shape index (κ3) is 5.67. The number of guanidine groups is 1. The normalized spacial score (nSPS) is 20.3. The van der Waals surface area contributed by atoms with Crippen molar-refractivity contribution < 1.29 is 30.3 Å². The largest absolute Gasteiger partial charge is 0.394 e. The van der Waals surface area contributed by atoms with Crippen LogP contribution in [0.15, 0.2) is 40.1 Å². The predicted molar refractivity (Wildman–Crippen MR) is 97.5 cm³/mol. The number of hydrogen-bond acceptors (Lipinski definition) is 9. The number of aliphatic hydroxyl groups excluding tert-OH is 5. The fourth-order valence-electron chi connectivity index (χ4n) is 2.14. The number of hydrogen-bond donors (Lipinski definition) is 7. The first-order valence-electron chi connectivity index (χ1n) is 8.12. The summed E-state index contributed by atoms with van der Waals surface area (Å²) in [6.45, 7) is 1.17. The standard InChI is InChI=1S/C17H22N4O6/c1-9-2-4-10(5-3-9)6-11-16(27)20-17(19-11)21-18-7-12(23)14(25)15(26)13(24)8-22/h2-7,12-15,22-26H,8H2,1H3,(H2,19,20,21,27)/b11-6+,18-7-. The first kappa shape index (κ1) is 20.7. The van der Waals surface area contributed by atoms with Crippen molar-refractivity contribution in [3.63, 3.8) is 0 Å². The predicted octanol–water partition coefficient (Wildman–Crippen LogP) is -2.17. The average Bonchev–Trinajstić information content (AvgIpc) is 3.00. The number of aliphatic imine (C=N–C) groups is 1. The van der Waals surface area contributed by atoms with Gasteiger partial charge < -0.3 is 25.5 Å². The molecule has 2 rings (SSSR count). The van der Waals surface area contributed by atoms with Crippen LogP contribution in [0.4, 0.5) is 0 Å². The lowest BCUT2D eigenvalue weighted by molar-refractivity contribution is -0.115. The SMILES string of the molecule is Cc1ccc(/C=C2/N=C(N/N=C\C(O)C(O)C(O)C(O)CO)NC2=O)cc1. The Morgan fingerprint density at radius 2 is 1.85 bits per heavy atom. The minimum Gasteiger partial charge on any atom is -0.394 e. The third-order valence-electron chi connectivity index (χ3n) is 3.76. The lowest BCUT2D eigenvalue weighted by Crippen LogP contribution is -2.46. The second kappa shape index (κ2) is 9.35. The summed E-state index contributed by atoms with van der Waals surface area (Å²) in [6.07, 6.45) is -4.32. The molecule has 1 aromatic carbocycles. The van der Waals surface area contributed by atoms with E-state index in [1.165, 1.54) is 0 Å². The molecule has 1 heterocycles. The molecule has 1 aliphatic rings. The molecule has 4 unspecified atom stereocenters. The van der Waals surface area contributed by atoms with Crippen LogP contribution in [0.1, 0.15) is 11.1 Å². The maximum Gasteiger partial charge on any atom is 0.276 e.